The highest BCUT2D eigenvalue weighted by atomic mass is 32.1. The summed E-state index contributed by atoms with van der Waals surface area (Å²) in [6.45, 7) is 0. The summed E-state index contributed by atoms with van der Waals surface area (Å²) in [7, 11) is 0. The van der Waals surface area contributed by atoms with E-state index in [1.807, 2.05) is 0 Å². The number of hydrogen-bond acceptors (Lipinski definition) is 1. The highest BCUT2D eigenvalue weighted by Gasteiger charge is 2.08. The zero-order valence-electron chi connectivity index (χ0n) is 13.6. The van der Waals surface area contributed by atoms with Crippen LogP contribution in [0.25, 0.3) is 38.5 Å². The van der Waals surface area contributed by atoms with Crippen LogP contribution in [0.3, 0.4) is 0 Å². The first kappa shape index (κ1) is 14.4. The molecule has 0 saturated carbocycles. The zero-order valence-corrected chi connectivity index (χ0v) is 14.4. The van der Waals surface area contributed by atoms with Crippen LogP contribution in [-0.4, -0.2) is 0 Å². The van der Waals surface area contributed by atoms with Crippen molar-refractivity contribution in [1.82, 2.24) is 0 Å². The fourth-order valence-corrected chi connectivity index (χ4v) is 4.17. The predicted octanol–water partition coefficient (Wildman–Crippen LogP) is 5.96. The van der Waals surface area contributed by atoms with E-state index >= 15 is 0 Å². The van der Waals surface area contributed by atoms with E-state index in [9.17, 15) is 0 Å². The number of aromatic nitrogens is 1. The number of fused-ring (bicyclic) bond motifs is 4. The topological polar surface area (TPSA) is 4.10 Å². The van der Waals surface area contributed by atoms with Gasteiger partial charge >= 0.3 is 0 Å². The molecule has 1 nitrogen and oxygen atoms in total. The maximum absolute atomic E-state index is 2.26. The number of hydrogen-bond donors (Lipinski definition) is 0. The van der Waals surface area contributed by atoms with Gasteiger partial charge in [0.15, 0.2) is 12.4 Å². The molecular formula is C23H16NS+. The second-order valence-corrected chi connectivity index (χ2v) is 7.13. The molecule has 0 saturated heterocycles. The summed E-state index contributed by atoms with van der Waals surface area (Å²) in [6, 6.07) is 23.8. The Kier molecular flexibility index (Phi) is 3.36. The summed E-state index contributed by atoms with van der Waals surface area (Å²) in [5.74, 6) is 0. The van der Waals surface area contributed by atoms with E-state index in [4.69, 9.17) is 0 Å². The minimum absolute atomic E-state index is 1.22. The molecule has 5 rings (SSSR count). The Morgan fingerprint density at radius 1 is 0.680 bits per heavy atom. The van der Waals surface area contributed by atoms with Gasteiger partial charge in [0.05, 0.1) is 0 Å². The molecule has 25 heavy (non-hydrogen) atoms. The number of thiophene rings is 1. The number of benzene rings is 2. The molecule has 5 aromatic rings. The summed E-state index contributed by atoms with van der Waals surface area (Å²) in [5.41, 5.74) is 3.70. The second-order valence-electron chi connectivity index (χ2n) is 6.21. The van der Waals surface area contributed by atoms with Crippen LogP contribution in [0.2, 0.25) is 0 Å². The molecular weight excluding hydrogens is 322 g/mol. The van der Waals surface area contributed by atoms with Gasteiger partial charge in [0.2, 0.25) is 5.52 Å². The van der Waals surface area contributed by atoms with E-state index in [-0.39, 0.29) is 0 Å². The molecule has 0 aliphatic heterocycles. The van der Waals surface area contributed by atoms with Crippen molar-refractivity contribution in [2.75, 3.05) is 0 Å². The van der Waals surface area contributed by atoms with Gasteiger partial charge in [-0.2, -0.15) is 4.40 Å². The van der Waals surface area contributed by atoms with Crippen molar-refractivity contribution in [2.24, 2.45) is 0 Å². The largest absolute Gasteiger partial charge is 0.229 e. The van der Waals surface area contributed by atoms with Gasteiger partial charge in [-0.15, -0.1) is 11.3 Å². The summed E-state index contributed by atoms with van der Waals surface area (Å²) in [6.07, 6.45) is 8.64. The molecule has 0 bridgehead atoms. The van der Waals surface area contributed by atoms with Crippen LogP contribution in [0.5, 0.6) is 0 Å². The van der Waals surface area contributed by atoms with Crippen molar-refractivity contribution in [3.05, 3.63) is 95.6 Å². The second kappa shape index (κ2) is 5.83. The highest BCUT2D eigenvalue weighted by molar-refractivity contribution is 7.18. The van der Waals surface area contributed by atoms with Crippen LogP contribution in [0.15, 0.2) is 84.5 Å². The van der Waals surface area contributed by atoms with Crippen molar-refractivity contribution in [1.29, 1.82) is 0 Å². The zero-order chi connectivity index (χ0) is 16.6. The average molecular weight is 338 g/mol. The van der Waals surface area contributed by atoms with Gasteiger partial charge in [0, 0.05) is 23.6 Å². The molecule has 0 spiro atoms. The average Bonchev–Trinajstić information content (AvgIpc) is 3.15. The minimum Gasteiger partial charge on any atom is -0.166 e. The van der Waals surface area contributed by atoms with E-state index in [1.54, 1.807) is 11.3 Å². The van der Waals surface area contributed by atoms with Gasteiger partial charge in [-0.05, 0) is 39.4 Å². The lowest BCUT2D eigenvalue weighted by atomic mass is 10.1. The molecule has 0 N–H and O–H groups in total. The van der Waals surface area contributed by atoms with Crippen LogP contribution in [-0.2, 0) is 0 Å². The maximum atomic E-state index is 2.26. The smallest absolute Gasteiger partial charge is 0.166 e. The van der Waals surface area contributed by atoms with E-state index < -0.39 is 0 Å². The summed E-state index contributed by atoms with van der Waals surface area (Å²) >= 11 is 1.80. The third kappa shape index (κ3) is 2.61. The lowest BCUT2D eigenvalue weighted by Gasteiger charge is -1.99. The Morgan fingerprint density at radius 3 is 2.40 bits per heavy atom. The molecule has 0 aliphatic carbocycles. The quantitative estimate of drug-likeness (QED) is 0.350. The highest BCUT2D eigenvalue weighted by Crippen LogP contribution is 2.24. The van der Waals surface area contributed by atoms with Crippen molar-refractivity contribution in [3.63, 3.8) is 0 Å². The van der Waals surface area contributed by atoms with E-state index in [1.165, 1.54) is 37.5 Å². The van der Waals surface area contributed by atoms with Crippen LogP contribution in [0.4, 0.5) is 0 Å². The molecule has 0 unspecified atom stereocenters. The maximum Gasteiger partial charge on any atom is 0.229 e. The molecule has 0 fully saturated rings. The SMILES string of the molecule is C(=C\c1cc[n+]2ccc3ccsc3c2c1)/c1ccc2ccccc2c1. The first-order chi connectivity index (χ1) is 12.4. The van der Waals surface area contributed by atoms with Crippen LogP contribution >= 0.6 is 11.3 Å². The normalized spacial score (nSPS) is 11.8. The Hall–Kier alpha value is -2.97. The Balaban J connectivity index is 1.56. The lowest BCUT2D eigenvalue weighted by molar-refractivity contribution is -0.510. The fraction of sp³-hybridized carbons (Fsp3) is 0. The summed E-state index contributed by atoms with van der Waals surface area (Å²) in [5, 5.41) is 6.02. The van der Waals surface area contributed by atoms with Crippen molar-refractivity contribution >= 4 is 49.9 Å². The summed E-state index contributed by atoms with van der Waals surface area (Å²) in [4.78, 5) is 0. The molecule has 2 heteroatoms. The third-order valence-electron chi connectivity index (χ3n) is 4.59. The Labute approximate surface area is 150 Å². The van der Waals surface area contributed by atoms with E-state index in [0.29, 0.717) is 0 Å². The van der Waals surface area contributed by atoms with Crippen LogP contribution in [0, 0.1) is 0 Å². The number of nitrogens with zero attached hydrogens (tertiary/aromatic N) is 1. The molecule has 0 atom stereocenters. The van der Waals surface area contributed by atoms with E-state index in [0.717, 1.165) is 0 Å². The minimum atomic E-state index is 1.22. The molecule has 2 aromatic carbocycles. The number of pyridine rings is 2. The van der Waals surface area contributed by atoms with Gasteiger partial charge in [-0.3, -0.25) is 0 Å². The monoisotopic (exact) mass is 338 g/mol. The first-order valence-electron chi connectivity index (χ1n) is 8.35. The van der Waals surface area contributed by atoms with Crippen molar-refractivity contribution in [2.45, 2.75) is 0 Å². The van der Waals surface area contributed by atoms with Crippen LogP contribution in [0.1, 0.15) is 11.1 Å². The van der Waals surface area contributed by atoms with Gasteiger partial charge in [-0.25, -0.2) is 0 Å². The molecule has 3 aromatic heterocycles. The van der Waals surface area contributed by atoms with Gasteiger partial charge in [0.1, 0.15) is 4.70 Å². The standard InChI is InChI=1S/C23H16NS/c1-2-4-21-15-17(7-8-19(21)3-1)5-6-18-9-12-24-13-10-20-11-14-25-23(20)22(24)16-18/h1-16H/q+1/b6-5+. The molecule has 0 radical (unpaired) electrons. The fourth-order valence-electron chi connectivity index (χ4n) is 3.27. The summed E-state index contributed by atoms with van der Waals surface area (Å²) < 4.78 is 3.52. The lowest BCUT2D eigenvalue weighted by Crippen LogP contribution is -2.19. The molecule has 118 valence electrons. The molecule has 0 amide bonds. The Bertz CT molecular complexity index is 1250. The van der Waals surface area contributed by atoms with Crippen LogP contribution < -0.4 is 4.40 Å². The van der Waals surface area contributed by atoms with Crippen molar-refractivity contribution in [3.8, 4) is 0 Å². The predicted molar refractivity (Wildman–Crippen MR) is 108 cm³/mol. The Morgan fingerprint density at radius 2 is 1.48 bits per heavy atom. The first-order valence-corrected chi connectivity index (χ1v) is 9.23. The molecule has 0 aliphatic rings. The van der Waals surface area contributed by atoms with Gasteiger partial charge in [0.25, 0.3) is 0 Å². The van der Waals surface area contributed by atoms with Gasteiger partial charge in [-0.1, -0.05) is 48.6 Å². The third-order valence-corrected chi connectivity index (χ3v) is 5.55. The molecule has 3 heterocycles. The number of rotatable bonds is 2. The van der Waals surface area contributed by atoms with Gasteiger partial charge < -0.3 is 0 Å². The van der Waals surface area contributed by atoms with E-state index in [2.05, 4.69) is 101 Å². The van der Waals surface area contributed by atoms with Crippen molar-refractivity contribution < 1.29 is 4.40 Å².